The van der Waals surface area contributed by atoms with Gasteiger partial charge in [0.15, 0.2) is 5.65 Å². The van der Waals surface area contributed by atoms with Gasteiger partial charge in [-0.25, -0.2) is 4.98 Å². The minimum Gasteiger partial charge on any atom is -0.302 e. The van der Waals surface area contributed by atoms with Crippen LogP contribution in [0.15, 0.2) is 16.9 Å². The monoisotopic (exact) mass is 337 g/mol. The Morgan fingerprint density at radius 2 is 2.00 bits per heavy atom. The van der Waals surface area contributed by atoms with E-state index in [1.54, 1.807) is 0 Å². The molecule has 0 radical (unpaired) electrons. The molecule has 130 valence electrons. The molecule has 5 rings (SSSR count). The molecule has 0 aliphatic heterocycles. The van der Waals surface area contributed by atoms with E-state index in [1.165, 1.54) is 12.8 Å². The predicted molar refractivity (Wildman–Crippen MR) is 95.8 cm³/mol. The van der Waals surface area contributed by atoms with Crippen LogP contribution in [-0.4, -0.2) is 24.1 Å². The van der Waals surface area contributed by atoms with Crippen LogP contribution in [0.5, 0.6) is 0 Å². The van der Waals surface area contributed by atoms with E-state index in [1.807, 2.05) is 28.0 Å². The SMILES string of the molecule is CCCCn1c(=O)c2nnc(C3(C4CC4)CC3)n2c2nc(C)ccc21. The van der Waals surface area contributed by atoms with Crippen molar-refractivity contribution in [2.24, 2.45) is 5.92 Å². The van der Waals surface area contributed by atoms with Gasteiger partial charge in [0.1, 0.15) is 5.82 Å². The van der Waals surface area contributed by atoms with Crippen molar-refractivity contribution < 1.29 is 0 Å². The summed E-state index contributed by atoms with van der Waals surface area (Å²) < 4.78 is 3.80. The average Bonchev–Trinajstić information content (AvgIpc) is 3.52. The van der Waals surface area contributed by atoms with Crippen molar-refractivity contribution in [2.75, 3.05) is 0 Å². The summed E-state index contributed by atoms with van der Waals surface area (Å²) in [5.41, 5.74) is 3.20. The van der Waals surface area contributed by atoms with Crippen molar-refractivity contribution in [1.29, 1.82) is 0 Å². The van der Waals surface area contributed by atoms with Gasteiger partial charge in [0.2, 0.25) is 5.65 Å². The Bertz CT molecular complexity index is 1040. The highest BCUT2D eigenvalue weighted by atomic mass is 16.1. The Balaban J connectivity index is 1.85. The molecule has 0 bridgehead atoms. The molecule has 3 aromatic rings. The minimum absolute atomic E-state index is 0.0445. The highest BCUT2D eigenvalue weighted by molar-refractivity contribution is 5.74. The molecule has 2 fully saturated rings. The van der Waals surface area contributed by atoms with Crippen molar-refractivity contribution >= 4 is 16.8 Å². The summed E-state index contributed by atoms with van der Waals surface area (Å²) >= 11 is 0. The summed E-state index contributed by atoms with van der Waals surface area (Å²) in [6.45, 7) is 4.82. The van der Waals surface area contributed by atoms with E-state index < -0.39 is 0 Å². The summed E-state index contributed by atoms with van der Waals surface area (Å²) in [4.78, 5) is 17.9. The summed E-state index contributed by atoms with van der Waals surface area (Å²) in [6.07, 6.45) is 6.86. The fourth-order valence-corrected chi connectivity index (χ4v) is 4.21. The Morgan fingerprint density at radius 1 is 1.20 bits per heavy atom. The summed E-state index contributed by atoms with van der Waals surface area (Å²) in [6, 6.07) is 4.00. The molecule has 2 aliphatic rings. The standard InChI is InChI=1S/C19H23N5O/c1-3-4-11-23-14-8-5-12(2)20-15(14)24-16(17(23)25)21-22-18(24)19(9-10-19)13-6-7-13/h5,8,13H,3-4,6-7,9-11H2,1-2H3. The number of nitrogens with zero attached hydrogens (tertiary/aromatic N) is 5. The summed E-state index contributed by atoms with van der Waals surface area (Å²) in [7, 11) is 0. The molecular weight excluding hydrogens is 314 g/mol. The van der Waals surface area contributed by atoms with Crippen LogP contribution in [0.1, 0.15) is 57.0 Å². The first-order chi connectivity index (χ1) is 12.2. The van der Waals surface area contributed by atoms with E-state index in [9.17, 15) is 4.79 Å². The van der Waals surface area contributed by atoms with Gasteiger partial charge in [-0.2, -0.15) is 0 Å². The molecule has 6 nitrogen and oxygen atoms in total. The van der Waals surface area contributed by atoms with Crippen molar-refractivity contribution in [3.05, 3.63) is 34.0 Å². The van der Waals surface area contributed by atoms with Gasteiger partial charge >= 0.3 is 0 Å². The molecule has 2 saturated carbocycles. The lowest BCUT2D eigenvalue weighted by Gasteiger charge is -2.15. The van der Waals surface area contributed by atoms with Gasteiger partial charge in [0, 0.05) is 17.7 Å². The lowest BCUT2D eigenvalue weighted by molar-refractivity contribution is 0.552. The Kier molecular flexibility index (Phi) is 3.09. The van der Waals surface area contributed by atoms with Crippen LogP contribution in [0.3, 0.4) is 0 Å². The summed E-state index contributed by atoms with van der Waals surface area (Å²) in [5.74, 6) is 1.68. The zero-order valence-corrected chi connectivity index (χ0v) is 14.8. The maximum atomic E-state index is 13.1. The predicted octanol–water partition coefficient (Wildman–Crippen LogP) is 2.99. The first kappa shape index (κ1) is 15.0. The molecule has 3 aromatic heterocycles. The third-order valence-electron chi connectivity index (χ3n) is 5.92. The number of fused-ring (bicyclic) bond motifs is 3. The van der Waals surface area contributed by atoms with E-state index in [0.29, 0.717) is 18.1 Å². The zero-order valence-electron chi connectivity index (χ0n) is 14.8. The Hall–Kier alpha value is -2.24. The second-order valence-corrected chi connectivity index (χ2v) is 7.72. The molecular formula is C19H23N5O. The fourth-order valence-electron chi connectivity index (χ4n) is 4.21. The van der Waals surface area contributed by atoms with Crippen molar-refractivity contribution in [3.8, 4) is 0 Å². The first-order valence-corrected chi connectivity index (χ1v) is 9.41. The van der Waals surface area contributed by atoms with Gasteiger partial charge in [0.05, 0.1) is 5.52 Å². The molecule has 0 unspecified atom stereocenters. The van der Waals surface area contributed by atoms with Crippen molar-refractivity contribution in [2.45, 2.75) is 64.3 Å². The van der Waals surface area contributed by atoms with Crippen LogP contribution in [0.2, 0.25) is 0 Å². The van der Waals surface area contributed by atoms with Gasteiger partial charge in [-0.05, 0) is 57.1 Å². The number of unbranched alkanes of at least 4 members (excludes halogenated alkanes) is 1. The lowest BCUT2D eigenvalue weighted by Crippen LogP contribution is -2.25. The molecule has 0 N–H and O–H groups in total. The van der Waals surface area contributed by atoms with Crippen LogP contribution >= 0.6 is 0 Å². The highest BCUT2D eigenvalue weighted by Gasteiger charge is 2.58. The third kappa shape index (κ3) is 2.09. The number of hydrogen-bond donors (Lipinski definition) is 0. The number of hydrogen-bond acceptors (Lipinski definition) is 4. The highest BCUT2D eigenvalue weighted by Crippen LogP contribution is 2.61. The van der Waals surface area contributed by atoms with Gasteiger partial charge in [-0.3, -0.25) is 9.20 Å². The van der Waals surface area contributed by atoms with Gasteiger partial charge < -0.3 is 4.57 Å². The van der Waals surface area contributed by atoms with Crippen LogP contribution in [0.25, 0.3) is 16.8 Å². The molecule has 0 aromatic carbocycles. The average molecular weight is 337 g/mol. The van der Waals surface area contributed by atoms with E-state index >= 15 is 0 Å². The van der Waals surface area contributed by atoms with Gasteiger partial charge in [0.25, 0.3) is 5.56 Å². The van der Waals surface area contributed by atoms with Crippen LogP contribution < -0.4 is 5.56 Å². The molecule has 25 heavy (non-hydrogen) atoms. The first-order valence-electron chi connectivity index (χ1n) is 9.41. The van der Waals surface area contributed by atoms with Gasteiger partial charge in [-0.15, -0.1) is 10.2 Å². The van der Waals surface area contributed by atoms with E-state index in [-0.39, 0.29) is 11.0 Å². The normalized spacial score (nSPS) is 19.0. The molecule has 6 heteroatoms. The third-order valence-corrected chi connectivity index (χ3v) is 5.92. The second kappa shape index (κ2) is 5.13. The number of rotatable bonds is 5. The van der Waals surface area contributed by atoms with Crippen molar-refractivity contribution in [1.82, 2.24) is 24.1 Å². The van der Waals surface area contributed by atoms with Crippen LogP contribution in [-0.2, 0) is 12.0 Å². The lowest BCUT2D eigenvalue weighted by atomic mass is 10.00. The Morgan fingerprint density at radius 3 is 2.68 bits per heavy atom. The maximum absolute atomic E-state index is 13.1. The van der Waals surface area contributed by atoms with Crippen LogP contribution in [0, 0.1) is 12.8 Å². The molecule has 3 heterocycles. The number of pyridine rings is 1. The molecule has 2 aliphatic carbocycles. The van der Waals surface area contributed by atoms with E-state index in [2.05, 4.69) is 17.1 Å². The minimum atomic E-state index is -0.0445. The molecule has 0 amide bonds. The number of aromatic nitrogens is 5. The van der Waals surface area contributed by atoms with Gasteiger partial charge in [-0.1, -0.05) is 13.3 Å². The smallest absolute Gasteiger partial charge is 0.296 e. The topological polar surface area (TPSA) is 65.1 Å². The largest absolute Gasteiger partial charge is 0.302 e. The van der Waals surface area contributed by atoms with Crippen LogP contribution in [0.4, 0.5) is 0 Å². The second-order valence-electron chi connectivity index (χ2n) is 7.72. The van der Waals surface area contributed by atoms with Crippen molar-refractivity contribution in [3.63, 3.8) is 0 Å². The summed E-state index contributed by atoms with van der Waals surface area (Å²) in [5, 5.41) is 8.84. The number of aryl methyl sites for hydroxylation is 2. The molecule has 0 spiro atoms. The Labute approximate surface area is 145 Å². The quantitative estimate of drug-likeness (QED) is 0.718. The molecule has 0 saturated heterocycles. The van der Waals surface area contributed by atoms with E-state index in [0.717, 1.165) is 48.4 Å². The zero-order chi connectivity index (χ0) is 17.2. The maximum Gasteiger partial charge on any atom is 0.296 e. The van der Waals surface area contributed by atoms with E-state index in [4.69, 9.17) is 4.98 Å². The molecule has 0 atom stereocenters. The fraction of sp³-hybridized carbons (Fsp3) is 0.579.